The Kier molecular flexibility index (Phi) is 4.76. The lowest BCUT2D eigenvalue weighted by Crippen LogP contribution is -2.22. The highest BCUT2D eigenvalue weighted by Gasteiger charge is 2.11. The van der Waals surface area contributed by atoms with Crippen molar-refractivity contribution in [1.82, 2.24) is 15.5 Å². The third-order valence-electron chi connectivity index (χ3n) is 4.51. The van der Waals surface area contributed by atoms with Gasteiger partial charge in [0, 0.05) is 23.1 Å². The minimum Gasteiger partial charge on any atom is -0.497 e. The highest BCUT2D eigenvalue weighted by molar-refractivity contribution is 5.95. The van der Waals surface area contributed by atoms with Gasteiger partial charge in [-0.2, -0.15) is 5.10 Å². The van der Waals surface area contributed by atoms with Gasteiger partial charge in [-0.25, -0.2) is 4.39 Å². The first-order valence-corrected chi connectivity index (χ1v) is 8.79. The number of aromatic amines is 1. The fourth-order valence-corrected chi connectivity index (χ4v) is 3.08. The molecule has 5 nitrogen and oxygen atoms in total. The first kappa shape index (κ1) is 17.7. The number of H-pyrrole nitrogens is 1. The average Bonchev–Trinajstić information content (AvgIpc) is 3.15. The van der Waals surface area contributed by atoms with Gasteiger partial charge in [-0.15, -0.1) is 0 Å². The molecule has 0 spiro atoms. The fraction of sp³-hybridized carbons (Fsp3) is 0.0909. The number of nitrogens with zero attached hydrogens (tertiary/aromatic N) is 1. The van der Waals surface area contributed by atoms with Crippen molar-refractivity contribution in [2.45, 2.75) is 6.54 Å². The van der Waals surface area contributed by atoms with Gasteiger partial charge in [0.25, 0.3) is 5.91 Å². The van der Waals surface area contributed by atoms with Gasteiger partial charge < -0.3 is 10.1 Å². The van der Waals surface area contributed by atoms with E-state index in [1.165, 1.54) is 12.1 Å². The zero-order valence-corrected chi connectivity index (χ0v) is 15.2. The summed E-state index contributed by atoms with van der Waals surface area (Å²) in [6.45, 7) is 0.361. The second-order valence-electron chi connectivity index (χ2n) is 6.38. The van der Waals surface area contributed by atoms with Gasteiger partial charge in [0.05, 0.1) is 12.6 Å². The predicted octanol–water partition coefficient (Wildman–Crippen LogP) is 4.31. The van der Waals surface area contributed by atoms with E-state index in [0.29, 0.717) is 29.1 Å². The first-order chi connectivity index (χ1) is 13.6. The molecule has 0 saturated carbocycles. The number of hydrogen-bond acceptors (Lipinski definition) is 3. The standard InChI is InChI=1S/C22H18FN3O2/c1-28-18-7-3-5-16(12-18)22(27)24-13-14-8-9-20-19(10-14)21(26-25-20)15-4-2-6-17(23)11-15/h2-12H,13H2,1H3,(H,24,27)(H,25,26). The van der Waals surface area contributed by atoms with E-state index in [1.54, 1.807) is 37.4 Å². The van der Waals surface area contributed by atoms with Gasteiger partial charge in [-0.1, -0.05) is 24.3 Å². The zero-order valence-electron chi connectivity index (χ0n) is 15.2. The summed E-state index contributed by atoms with van der Waals surface area (Å²) in [4.78, 5) is 12.4. The van der Waals surface area contributed by atoms with Crippen molar-refractivity contribution in [3.05, 3.63) is 83.7 Å². The number of carbonyl (C=O) groups is 1. The topological polar surface area (TPSA) is 67.0 Å². The second kappa shape index (κ2) is 7.52. The Hall–Kier alpha value is -3.67. The van der Waals surface area contributed by atoms with Crippen LogP contribution in [0.15, 0.2) is 66.7 Å². The Morgan fingerprint density at radius 3 is 2.79 bits per heavy atom. The predicted molar refractivity (Wildman–Crippen MR) is 106 cm³/mol. The van der Waals surface area contributed by atoms with Crippen LogP contribution >= 0.6 is 0 Å². The maximum absolute atomic E-state index is 13.6. The number of carbonyl (C=O) groups excluding carboxylic acids is 1. The van der Waals surface area contributed by atoms with E-state index in [4.69, 9.17) is 4.74 Å². The summed E-state index contributed by atoms with van der Waals surface area (Å²) in [5, 5.41) is 11.1. The van der Waals surface area contributed by atoms with Crippen LogP contribution < -0.4 is 10.1 Å². The van der Waals surface area contributed by atoms with Crippen LogP contribution in [0.4, 0.5) is 4.39 Å². The second-order valence-corrected chi connectivity index (χ2v) is 6.38. The Labute approximate surface area is 161 Å². The minimum absolute atomic E-state index is 0.184. The molecule has 140 valence electrons. The van der Waals surface area contributed by atoms with Gasteiger partial charge in [-0.3, -0.25) is 9.89 Å². The molecule has 28 heavy (non-hydrogen) atoms. The molecule has 3 aromatic carbocycles. The molecule has 0 radical (unpaired) electrons. The van der Waals surface area contributed by atoms with E-state index >= 15 is 0 Å². The van der Waals surface area contributed by atoms with Gasteiger partial charge in [0.2, 0.25) is 0 Å². The maximum atomic E-state index is 13.6. The summed E-state index contributed by atoms with van der Waals surface area (Å²) in [6, 6.07) is 19.1. The molecule has 0 aliphatic heterocycles. The molecule has 0 saturated heterocycles. The number of fused-ring (bicyclic) bond motifs is 1. The lowest BCUT2D eigenvalue weighted by atomic mass is 10.1. The maximum Gasteiger partial charge on any atom is 0.251 e. The van der Waals surface area contributed by atoms with Crippen LogP contribution in [0.25, 0.3) is 22.2 Å². The molecule has 0 fully saturated rings. The number of hydrogen-bond donors (Lipinski definition) is 2. The molecule has 2 N–H and O–H groups in total. The van der Waals surface area contributed by atoms with Crippen LogP contribution in [0.1, 0.15) is 15.9 Å². The number of aromatic nitrogens is 2. The van der Waals surface area contributed by atoms with E-state index in [0.717, 1.165) is 16.5 Å². The average molecular weight is 375 g/mol. The summed E-state index contributed by atoms with van der Waals surface area (Å²) < 4.78 is 18.7. The largest absolute Gasteiger partial charge is 0.497 e. The number of benzene rings is 3. The van der Waals surface area contributed by atoms with E-state index in [-0.39, 0.29) is 11.7 Å². The molecule has 1 aromatic heterocycles. The molecule has 0 bridgehead atoms. The Morgan fingerprint density at radius 2 is 1.96 bits per heavy atom. The smallest absolute Gasteiger partial charge is 0.251 e. The lowest BCUT2D eigenvalue weighted by Gasteiger charge is -2.07. The van der Waals surface area contributed by atoms with Crippen molar-refractivity contribution in [2.24, 2.45) is 0 Å². The number of rotatable bonds is 5. The summed E-state index contributed by atoms with van der Waals surface area (Å²) in [5.41, 5.74) is 3.67. The van der Waals surface area contributed by atoms with E-state index in [2.05, 4.69) is 15.5 Å². The van der Waals surface area contributed by atoms with Crippen LogP contribution in [-0.2, 0) is 6.54 Å². The van der Waals surface area contributed by atoms with Crippen molar-refractivity contribution < 1.29 is 13.9 Å². The molecule has 6 heteroatoms. The SMILES string of the molecule is COc1cccc(C(=O)NCc2ccc3[nH]nc(-c4cccc(F)c4)c3c2)c1. The Bertz CT molecular complexity index is 1150. The summed E-state index contributed by atoms with van der Waals surface area (Å²) >= 11 is 0. The molecular formula is C22H18FN3O2. The molecule has 0 atom stereocenters. The summed E-state index contributed by atoms with van der Waals surface area (Å²) in [7, 11) is 1.56. The molecule has 4 rings (SSSR count). The van der Waals surface area contributed by atoms with Crippen LogP contribution in [0, 0.1) is 5.82 Å². The lowest BCUT2D eigenvalue weighted by molar-refractivity contribution is 0.0950. The van der Waals surface area contributed by atoms with Gasteiger partial charge in [0.1, 0.15) is 17.3 Å². The number of ether oxygens (including phenoxy) is 1. The normalized spacial score (nSPS) is 10.8. The number of halogens is 1. The zero-order chi connectivity index (χ0) is 19.5. The third-order valence-corrected chi connectivity index (χ3v) is 4.51. The van der Waals surface area contributed by atoms with Crippen molar-refractivity contribution in [3.63, 3.8) is 0 Å². The van der Waals surface area contributed by atoms with E-state index < -0.39 is 0 Å². The molecule has 1 amide bonds. The monoisotopic (exact) mass is 375 g/mol. The third kappa shape index (κ3) is 3.57. The molecule has 0 aliphatic rings. The first-order valence-electron chi connectivity index (χ1n) is 8.79. The van der Waals surface area contributed by atoms with Crippen LogP contribution in [-0.4, -0.2) is 23.2 Å². The highest BCUT2D eigenvalue weighted by atomic mass is 19.1. The number of amides is 1. The van der Waals surface area contributed by atoms with Gasteiger partial charge in [-0.05, 0) is 48.0 Å². The molecular weight excluding hydrogens is 357 g/mol. The molecule has 4 aromatic rings. The number of nitrogens with one attached hydrogen (secondary N) is 2. The van der Waals surface area contributed by atoms with Gasteiger partial charge in [0.15, 0.2) is 0 Å². The quantitative estimate of drug-likeness (QED) is 0.546. The molecule has 0 unspecified atom stereocenters. The van der Waals surface area contributed by atoms with E-state index in [1.807, 2.05) is 24.3 Å². The minimum atomic E-state index is -0.310. The Morgan fingerprint density at radius 1 is 1.11 bits per heavy atom. The van der Waals surface area contributed by atoms with Crippen molar-refractivity contribution in [1.29, 1.82) is 0 Å². The number of methoxy groups -OCH3 is 1. The fourth-order valence-electron chi connectivity index (χ4n) is 3.08. The molecule has 0 aliphatic carbocycles. The van der Waals surface area contributed by atoms with Crippen molar-refractivity contribution in [3.8, 4) is 17.0 Å². The summed E-state index contributed by atoms with van der Waals surface area (Å²) in [5.74, 6) is 0.138. The molecule has 1 heterocycles. The summed E-state index contributed by atoms with van der Waals surface area (Å²) in [6.07, 6.45) is 0. The van der Waals surface area contributed by atoms with Crippen LogP contribution in [0.5, 0.6) is 5.75 Å². The Balaban J connectivity index is 1.56. The van der Waals surface area contributed by atoms with Crippen LogP contribution in [0.2, 0.25) is 0 Å². The van der Waals surface area contributed by atoms with Crippen molar-refractivity contribution >= 4 is 16.8 Å². The van der Waals surface area contributed by atoms with Crippen molar-refractivity contribution in [2.75, 3.05) is 7.11 Å². The van der Waals surface area contributed by atoms with E-state index in [9.17, 15) is 9.18 Å². The van der Waals surface area contributed by atoms with Crippen LogP contribution in [0.3, 0.4) is 0 Å². The highest BCUT2D eigenvalue weighted by Crippen LogP contribution is 2.27. The van der Waals surface area contributed by atoms with Gasteiger partial charge >= 0.3 is 0 Å².